The van der Waals surface area contributed by atoms with E-state index in [1.165, 1.54) is 11.8 Å². The van der Waals surface area contributed by atoms with Gasteiger partial charge >= 0.3 is 5.97 Å². The van der Waals surface area contributed by atoms with E-state index in [1.807, 2.05) is 26.8 Å². The Kier molecular flexibility index (Phi) is 8.14. The number of rotatable bonds is 7. The minimum Gasteiger partial charge on any atom is -0.493 e. The molecule has 0 aliphatic heterocycles. The minimum atomic E-state index is -0.480. The number of carbonyl (C=O) groups excluding carboxylic acids is 1. The number of halogens is 2. The van der Waals surface area contributed by atoms with Crippen molar-refractivity contribution in [3.8, 4) is 11.5 Å². The van der Waals surface area contributed by atoms with E-state index in [0.717, 1.165) is 4.47 Å². The predicted octanol–water partition coefficient (Wildman–Crippen LogP) is 5.05. The minimum absolute atomic E-state index is 0.251. The van der Waals surface area contributed by atoms with Crippen molar-refractivity contribution in [3.05, 3.63) is 61.0 Å². The van der Waals surface area contributed by atoms with E-state index in [0.29, 0.717) is 38.3 Å². The lowest BCUT2D eigenvalue weighted by Crippen LogP contribution is -2.29. The molecule has 0 bridgehead atoms. The van der Waals surface area contributed by atoms with E-state index < -0.39 is 11.4 Å². The predicted molar refractivity (Wildman–Crippen MR) is 138 cm³/mol. The maximum Gasteiger partial charge on any atom is 0.344 e. The Bertz CT molecular complexity index is 1310. The molecule has 0 unspecified atom stereocenters. The van der Waals surface area contributed by atoms with Crippen molar-refractivity contribution in [2.24, 2.45) is 5.10 Å². The molecule has 0 saturated carbocycles. The van der Waals surface area contributed by atoms with Crippen LogP contribution in [0.15, 0.2) is 49.2 Å². The Morgan fingerprint density at radius 1 is 1.21 bits per heavy atom. The quantitative estimate of drug-likeness (QED) is 0.281. The summed E-state index contributed by atoms with van der Waals surface area (Å²) in [6, 6.07) is 8.84. The second kappa shape index (κ2) is 10.7. The Morgan fingerprint density at radius 3 is 2.59 bits per heavy atom. The normalized spacial score (nSPS) is 11.7. The lowest BCUT2D eigenvalue weighted by atomic mass is 9.95. The van der Waals surface area contributed by atoms with Crippen LogP contribution >= 0.6 is 31.9 Å². The third-order valence-corrected chi connectivity index (χ3v) is 5.78. The van der Waals surface area contributed by atoms with Gasteiger partial charge < -0.3 is 14.2 Å². The van der Waals surface area contributed by atoms with Gasteiger partial charge in [0.25, 0.3) is 5.56 Å². The molecule has 0 N–H and O–H groups in total. The number of hydrogen-bond donors (Lipinski definition) is 0. The summed E-state index contributed by atoms with van der Waals surface area (Å²) >= 11 is 6.86. The standard InChI is InChI=1S/C24H25Br2N3O5/c1-6-33-20(30)13-34-21-17(26)9-14(10-19(21)32-5)12-27-29-22(31)16-11-15(25)7-8-18(16)28-23(29)24(2,3)4/h7-12H,6,13H2,1-5H3. The average molecular weight is 595 g/mol. The first-order chi connectivity index (χ1) is 16.0. The Morgan fingerprint density at radius 2 is 1.94 bits per heavy atom. The monoisotopic (exact) mass is 593 g/mol. The first kappa shape index (κ1) is 25.9. The van der Waals surface area contributed by atoms with Crippen LogP contribution in [0.3, 0.4) is 0 Å². The van der Waals surface area contributed by atoms with E-state index in [9.17, 15) is 9.59 Å². The molecule has 0 spiro atoms. The molecule has 0 radical (unpaired) electrons. The molecular formula is C24H25Br2N3O5. The van der Waals surface area contributed by atoms with Crippen LogP contribution in [0.2, 0.25) is 0 Å². The highest BCUT2D eigenvalue weighted by molar-refractivity contribution is 9.10. The largest absolute Gasteiger partial charge is 0.493 e. The van der Waals surface area contributed by atoms with Gasteiger partial charge in [-0.15, -0.1) is 0 Å². The molecule has 0 atom stereocenters. The van der Waals surface area contributed by atoms with Gasteiger partial charge in [-0.1, -0.05) is 36.7 Å². The molecule has 3 aromatic rings. The Labute approximate surface area is 214 Å². The zero-order chi connectivity index (χ0) is 25.0. The Balaban J connectivity index is 2.04. The zero-order valence-corrected chi connectivity index (χ0v) is 22.7. The number of carbonyl (C=O) groups is 1. The SMILES string of the molecule is CCOC(=O)COc1c(Br)cc(C=Nn2c(C(C)(C)C)nc3ccc(Br)cc3c2=O)cc1OC. The molecule has 0 fully saturated rings. The van der Waals surface area contributed by atoms with Crippen LogP contribution in [-0.4, -0.2) is 42.2 Å². The van der Waals surface area contributed by atoms with Crippen molar-refractivity contribution in [1.82, 2.24) is 9.66 Å². The van der Waals surface area contributed by atoms with Crippen molar-refractivity contribution in [3.63, 3.8) is 0 Å². The number of methoxy groups -OCH3 is 1. The van der Waals surface area contributed by atoms with Gasteiger partial charge in [0, 0.05) is 9.89 Å². The molecule has 10 heteroatoms. The molecule has 8 nitrogen and oxygen atoms in total. The number of aromatic nitrogens is 2. The average Bonchev–Trinajstić information content (AvgIpc) is 2.77. The van der Waals surface area contributed by atoms with Crippen molar-refractivity contribution >= 4 is 54.9 Å². The van der Waals surface area contributed by atoms with E-state index in [-0.39, 0.29) is 18.8 Å². The topological polar surface area (TPSA) is 92.0 Å². The second-order valence-corrected chi connectivity index (χ2v) is 10.1. The highest BCUT2D eigenvalue weighted by Gasteiger charge is 2.23. The fourth-order valence-corrected chi connectivity index (χ4v) is 4.09. The Hall–Kier alpha value is -2.72. The number of benzene rings is 2. The van der Waals surface area contributed by atoms with Crippen molar-refractivity contribution in [2.75, 3.05) is 20.3 Å². The summed E-state index contributed by atoms with van der Waals surface area (Å²) < 4.78 is 18.6. The van der Waals surface area contributed by atoms with Gasteiger partial charge in [-0.05, 0) is 58.7 Å². The van der Waals surface area contributed by atoms with Gasteiger partial charge in [0.2, 0.25) is 0 Å². The van der Waals surface area contributed by atoms with E-state index in [4.69, 9.17) is 19.2 Å². The van der Waals surface area contributed by atoms with E-state index in [2.05, 4.69) is 37.0 Å². The maximum absolute atomic E-state index is 13.3. The zero-order valence-electron chi connectivity index (χ0n) is 19.5. The number of esters is 1. The molecule has 1 heterocycles. The number of ether oxygens (including phenoxy) is 3. The summed E-state index contributed by atoms with van der Waals surface area (Å²) in [7, 11) is 1.49. The van der Waals surface area contributed by atoms with Crippen molar-refractivity contribution in [1.29, 1.82) is 0 Å². The lowest BCUT2D eigenvalue weighted by Gasteiger charge is -2.21. The highest BCUT2D eigenvalue weighted by atomic mass is 79.9. The van der Waals surface area contributed by atoms with E-state index in [1.54, 1.807) is 37.4 Å². The summed E-state index contributed by atoms with van der Waals surface area (Å²) in [6.45, 7) is 7.66. The first-order valence-electron chi connectivity index (χ1n) is 10.5. The highest BCUT2D eigenvalue weighted by Crippen LogP contribution is 2.36. The van der Waals surface area contributed by atoms with Gasteiger partial charge in [0.1, 0.15) is 5.82 Å². The van der Waals surface area contributed by atoms with Crippen LogP contribution < -0.4 is 15.0 Å². The smallest absolute Gasteiger partial charge is 0.344 e. The van der Waals surface area contributed by atoms with Crippen molar-refractivity contribution < 1.29 is 19.0 Å². The maximum atomic E-state index is 13.3. The van der Waals surface area contributed by atoms with Crippen LogP contribution in [0.4, 0.5) is 0 Å². The summed E-state index contributed by atoms with van der Waals surface area (Å²) in [5, 5.41) is 4.94. The summed E-state index contributed by atoms with van der Waals surface area (Å²) in [4.78, 5) is 29.7. The molecule has 0 saturated heterocycles. The van der Waals surface area contributed by atoms with Gasteiger partial charge in [0.15, 0.2) is 18.1 Å². The molecule has 3 rings (SSSR count). The second-order valence-electron chi connectivity index (χ2n) is 8.34. The van der Waals surface area contributed by atoms with Crippen molar-refractivity contribution in [2.45, 2.75) is 33.1 Å². The third kappa shape index (κ3) is 5.85. The number of fused-ring (bicyclic) bond motifs is 1. The fraction of sp³-hybridized carbons (Fsp3) is 0.333. The van der Waals surface area contributed by atoms with E-state index >= 15 is 0 Å². The molecular weight excluding hydrogens is 570 g/mol. The third-order valence-electron chi connectivity index (χ3n) is 4.69. The molecule has 0 aliphatic carbocycles. The number of hydrogen-bond acceptors (Lipinski definition) is 7. The summed E-state index contributed by atoms with van der Waals surface area (Å²) in [6.07, 6.45) is 1.55. The van der Waals surface area contributed by atoms with Crippen LogP contribution in [0.5, 0.6) is 11.5 Å². The molecule has 2 aromatic carbocycles. The van der Waals surface area contributed by atoms with Crippen LogP contribution in [0.1, 0.15) is 39.1 Å². The number of nitrogens with zero attached hydrogens (tertiary/aromatic N) is 3. The molecule has 180 valence electrons. The summed E-state index contributed by atoms with van der Waals surface area (Å²) in [5.74, 6) is 0.803. The first-order valence-corrected chi connectivity index (χ1v) is 12.1. The molecule has 0 aliphatic rings. The van der Waals surface area contributed by atoms with Crippen LogP contribution in [0.25, 0.3) is 10.9 Å². The van der Waals surface area contributed by atoms with Gasteiger partial charge in [0.05, 0.1) is 35.3 Å². The summed E-state index contributed by atoms with van der Waals surface area (Å²) in [5.41, 5.74) is 0.555. The molecule has 0 amide bonds. The molecule has 1 aromatic heterocycles. The van der Waals surface area contributed by atoms with Gasteiger partial charge in [-0.3, -0.25) is 4.79 Å². The van der Waals surface area contributed by atoms with Gasteiger partial charge in [-0.25, -0.2) is 9.78 Å². The van der Waals surface area contributed by atoms with Gasteiger partial charge in [-0.2, -0.15) is 9.78 Å². The van der Waals surface area contributed by atoms with Crippen LogP contribution in [0, 0.1) is 0 Å². The fourth-order valence-electron chi connectivity index (χ4n) is 3.15. The lowest BCUT2D eigenvalue weighted by molar-refractivity contribution is -0.145. The molecule has 34 heavy (non-hydrogen) atoms. The van der Waals surface area contributed by atoms with Crippen LogP contribution in [-0.2, 0) is 14.9 Å².